The van der Waals surface area contributed by atoms with Crippen molar-refractivity contribution in [1.82, 2.24) is 10.3 Å². The van der Waals surface area contributed by atoms with Crippen LogP contribution in [-0.4, -0.2) is 31.9 Å². The minimum absolute atomic E-state index is 0.320. The van der Waals surface area contributed by atoms with Gasteiger partial charge in [-0.05, 0) is 24.1 Å². The molecule has 0 aliphatic carbocycles. The normalized spacial score (nSPS) is 20.2. The number of para-hydroxylation sites is 1. The number of ether oxygens (including phenoxy) is 2. The fraction of sp³-hybridized carbons (Fsp3) is 0.400. The van der Waals surface area contributed by atoms with Crippen LogP contribution in [0.1, 0.15) is 18.0 Å². The zero-order chi connectivity index (χ0) is 13.1. The Kier molecular flexibility index (Phi) is 3.62. The third-order valence-electron chi connectivity index (χ3n) is 3.55. The molecule has 19 heavy (non-hydrogen) atoms. The van der Waals surface area contributed by atoms with Gasteiger partial charge in [0.1, 0.15) is 11.3 Å². The second-order valence-electron chi connectivity index (χ2n) is 4.66. The first-order chi connectivity index (χ1) is 9.40. The van der Waals surface area contributed by atoms with Crippen LogP contribution in [0.15, 0.2) is 30.5 Å². The van der Waals surface area contributed by atoms with Crippen molar-refractivity contribution in [3.05, 3.63) is 36.0 Å². The fourth-order valence-corrected chi connectivity index (χ4v) is 2.61. The standard InChI is InChI=1S/C15H18N2O2/c1-18-14-4-2-3-12-11(5-7-17-15(12)14)13-6-9-19-10-8-16-13/h2-5,7,13,16H,6,8-10H2,1H3. The lowest BCUT2D eigenvalue weighted by atomic mass is 9.99. The summed E-state index contributed by atoms with van der Waals surface area (Å²) in [7, 11) is 1.68. The number of fused-ring (bicyclic) bond motifs is 1. The van der Waals surface area contributed by atoms with E-state index in [0.717, 1.165) is 42.8 Å². The monoisotopic (exact) mass is 258 g/mol. The second-order valence-corrected chi connectivity index (χ2v) is 4.66. The van der Waals surface area contributed by atoms with E-state index < -0.39 is 0 Å². The van der Waals surface area contributed by atoms with E-state index in [2.05, 4.69) is 22.4 Å². The Hall–Kier alpha value is -1.65. The van der Waals surface area contributed by atoms with Crippen molar-refractivity contribution < 1.29 is 9.47 Å². The number of benzene rings is 1. The molecule has 1 N–H and O–H groups in total. The molecule has 0 amide bonds. The van der Waals surface area contributed by atoms with Crippen LogP contribution in [0.25, 0.3) is 10.9 Å². The SMILES string of the molecule is COc1cccc2c(C3CCOCCN3)ccnc12. The van der Waals surface area contributed by atoms with Crippen LogP contribution in [0.3, 0.4) is 0 Å². The van der Waals surface area contributed by atoms with E-state index in [1.54, 1.807) is 7.11 Å². The molecule has 1 aromatic heterocycles. The molecule has 0 spiro atoms. The Morgan fingerprint density at radius 2 is 2.26 bits per heavy atom. The third-order valence-corrected chi connectivity index (χ3v) is 3.55. The molecule has 1 aliphatic rings. The van der Waals surface area contributed by atoms with E-state index in [0.29, 0.717) is 6.04 Å². The van der Waals surface area contributed by atoms with Crippen LogP contribution in [-0.2, 0) is 4.74 Å². The molecule has 3 rings (SSSR count). The molecule has 0 bridgehead atoms. The Morgan fingerprint density at radius 3 is 3.16 bits per heavy atom. The smallest absolute Gasteiger partial charge is 0.145 e. The number of pyridine rings is 1. The predicted molar refractivity (Wildman–Crippen MR) is 74.5 cm³/mol. The van der Waals surface area contributed by atoms with Gasteiger partial charge in [-0.1, -0.05) is 12.1 Å². The molecule has 4 heteroatoms. The minimum Gasteiger partial charge on any atom is -0.494 e. The number of nitrogens with zero attached hydrogens (tertiary/aromatic N) is 1. The summed E-state index contributed by atoms with van der Waals surface area (Å²) in [6, 6.07) is 8.47. The van der Waals surface area contributed by atoms with Crippen molar-refractivity contribution in [2.24, 2.45) is 0 Å². The Morgan fingerprint density at radius 1 is 1.32 bits per heavy atom. The van der Waals surface area contributed by atoms with Gasteiger partial charge in [0.05, 0.1) is 13.7 Å². The summed E-state index contributed by atoms with van der Waals surface area (Å²) >= 11 is 0. The van der Waals surface area contributed by atoms with Crippen LogP contribution in [0.2, 0.25) is 0 Å². The van der Waals surface area contributed by atoms with Crippen molar-refractivity contribution in [2.75, 3.05) is 26.9 Å². The van der Waals surface area contributed by atoms with E-state index in [-0.39, 0.29) is 0 Å². The lowest BCUT2D eigenvalue weighted by Crippen LogP contribution is -2.22. The molecule has 0 saturated carbocycles. The van der Waals surface area contributed by atoms with Gasteiger partial charge in [0.15, 0.2) is 0 Å². The van der Waals surface area contributed by atoms with Gasteiger partial charge in [-0.2, -0.15) is 0 Å². The molecule has 1 aromatic carbocycles. The molecule has 1 atom stereocenters. The van der Waals surface area contributed by atoms with E-state index in [1.165, 1.54) is 5.56 Å². The molecule has 1 aliphatic heterocycles. The maximum atomic E-state index is 5.50. The topological polar surface area (TPSA) is 43.4 Å². The molecule has 2 heterocycles. The van der Waals surface area contributed by atoms with Gasteiger partial charge in [0.25, 0.3) is 0 Å². The maximum Gasteiger partial charge on any atom is 0.145 e. The van der Waals surface area contributed by atoms with Crippen molar-refractivity contribution in [2.45, 2.75) is 12.5 Å². The third kappa shape index (κ3) is 2.41. The fourth-order valence-electron chi connectivity index (χ4n) is 2.61. The average molecular weight is 258 g/mol. The van der Waals surface area contributed by atoms with Gasteiger partial charge in [0.2, 0.25) is 0 Å². The molecule has 1 fully saturated rings. The molecule has 1 unspecified atom stereocenters. The first kappa shape index (κ1) is 12.4. The predicted octanol–water partition coefficient (Wildman–Crippen LogP) is 2.29. The summed E-state index contributed by atoms with van der Waals surface area (Å²) in [4.78, 5) is 4.45. The van der Waals surface area contributed by atoms with E-state index in [4.69, 9.17) is 9.47 Å². The Bertz CT molecular complexity index is 563. The van der Waals surface area contributed by atoms with Crippen LogP contribution in [0, 0.1) is 0 Å². The molecular weight excluding hydrogens is 240 g/mol. The summed E-state index contributed by atoms with van der Waals surface area (Å²) in [5, 5.41) is 4.69. The zero-order valence-electron chi connectivity index (χ0n) is 11.1. The summed E-state index contributed by atoms with van der Waals surface area (Å²) in [5.41, 5.74) is 2.20. The molecule has 0 radical (unpaired) electrons. The second kappa shape index (κ2) is 5.55. The molecule has 2 aromatic rings. The molecule has 100 valence electrons. The molecular formula is C15H18N2O2. The quantitative estimate of drug-likeness (QED) is 0.897. The van der Waals surface area contributed by atoms with Gasteiger partial charge < -0.3 is 14.8 Å². The zero-order valence-corrected chi connectivity index (χ0v) is 11.1. The number of hydrogen-bond donors (Lipinski definition) is 1. The van der Waals surface area contributed by atoms with Crippen molar-refractivity contribution in [3.8, 4) is 5.75 Å². The van der Waals surface area contributed by atoms with Crippen molar-refractivity contribution >= 4 is 10.9 Å². The highest BCUT2D eigenvalue weighted by atomic mass is 16.5. The minimum atomic E-state index is 0.320. The Balaban J connectivity index is 2.07. The first-order valence-electron chi connectivity index (χ1n) is 6.63. The van der Waals surface area contributed by atoms with Crippen LogP contribution >= 0.6 is 0 Å². The highest BCUT2D eigenvalue weighted by molar-refractivity contribution is 5.87. The molecule has 1 saturated heterocycles. The summed E-state index contributed by atoms with van der Waals surface area (Å²) in [5.74, 6) is 0.823. The van der Waals surface area contributed by atoms with Crippen LogP contribution in [0.5, 0.6) is 5.75 Å². The van der Waals surface area contributed by atoms with Gasteiger partial charge in [-0.15, -0.1) is 0 Å². The average Bonchev–Trinajstić information content (AvgIpc) is 2.75. The summed E-state index contributed by atoms with van der Waals surface area (Å²) < 4.78 is 10.9. The number of nitrogens with one attached hydrogen (secondary N) is 1. The van der Waals surface area contributed by atoms with Crippen LogP contribution in [0.4, 0.5) is 0 Å². The highest BCUT2D eigenvalue weighted by Gasteiger charge is 2.17. The number of aromatic nitrogens is 1. The number of hydrogen-bond acceptors (Lipinski definition) is 4. The number of rotatable bonds is 2. The highest BCUT2D eigenvalue weighted by Crippen LogP contribution is 2.30. The molecule has 4 nitrogen and oxygen atoms in total. The van der Waals surface area contributed by atoms with E-state index in [1.807, 2.05) is 18.3 Å². The largest absolute Gasteiger partial charge is 0.494 e. The Labute approximate surface area is 112 Å². The van der Waals surface area contributed by atoms with E-state index in [9.17, 15) is 0 Å². The van der Waals surface area contributed by atoms with E-state index >= 15 is 0 Å². The van der Waals surface area contributed by atoms with Crippen LogP contribution < -0.4 is 10.1 Å². The van der Waals surface area contributed by atoms with Crippen molar-refractivity contribution in [3.63, 3.8) is 0 Å². The lowest BCUT2D eigenvalue weighted by Gasteiger charge is -2.18. The van der Waals surface area contributed by atoms with Gasteiger partial charge in [-0.25, -0.2) is 0 Å². The summed E-state index contributed by atoms with van der Waals surface area (Å²) in [6.45, 7) is 2.47. The van der Waals surface area contributed by atoms with Gasteiger partial charge in [0, 0.05) is 30.8 Å². The van der Waals surface area contributed by atoms with Gasteiger partial charge >= 0.3 is 0 Å². The maximum absolute atomic E-state index is 5.50. The number of methoxy groups -OCH3 is 1. The van der Waals surface area contributed by atoms with Crippen molar-refractivity contribution in [1.29, 1.82) is 0 Å². The summed E-state index contributed by atoms with van der Waals surface area (Å²) in [6.07, 6.45) is 2.84. The first-order valence-corrected chi connectivity index (χ1v) is 6.63. The lowest BCUT2D eigenvalue weighted by molar-refractivity contribution is 0.150. The van der Waals surface area contributed by atoms with Gasteiger partial charge in [-0.3, -0.25) is 4.98 Å².